The molecule has 0 aliphatic carbocycles. The first-order valence-electron chi connectivity index (χ1n) is 11.9. The van der Waals surface area contributed by atoms with E-state index < -0.39 is 53.8 Å². The van der Waals surface area contributed by atoms with Crippen LogP contribution >= 0.6 is 0 Å². The number of rotatable bonds is 10. The van der Waals surface area contributed by atoms with Crippen LogP contribution in [0.3, 0.4) is 0 Å². The average Bonchev–Trinajstić information content (AvgIpc) is 3.49. The van der Waals surface area contributed by atoms with Crippen molar-refractivity contribution in [1.82, 2.24) is 25.8 Å². The Kier molecular flexibility index (Phi) is 9.99. The first-order chi connectivity index (χ1) is 16.5. The summed E-state index contributed by atoms with van der Waals surface area (Å²) >= 11 is 0. The smallest absolute Gasteiger partial charge is 0.325 e. The van der Waals surface area contributed by atoms with Crippen molar-refractivity contribution in [2.24, 2.45) is 11.7 Å². The Bertz CT molecular complexity index is 848. The predicted molar refractivity (Wildman–Crippen MR) is 124 cm³/mol. The zero-order valence-electron chi connectivity index (χ0n) is 20.4. The minimum atomic E-state index is -1.18. The molecular weight excluding hydrogens is 460 g/mol. The number of aliphatic carboxylic acids is 1. The second kappa shape index (κ2) is 12.5. The van der Waals surface area contributed by atoms with E-state index in [0.717, 1.165) is 0 Å². The first-order valence-corrected chi connectivity index (χ1v) is 11.9. The van der Waals surface area contributed by atoms with Crippen molar-refractivity contribution in [3.05, 3.63) is 0 Å². The molecule has 4 atom stereocenters. The molecule has 0 aromatic rings. The number of amides is 5. The predicted octanol–water partition coefficient (Wildman–Crippen LogP) is -2.23. The van der Waals surface area contributed by atoms with Crippen LogP contribution in [0.15, 0.2) is 0 Å². The standard InChI is InChI=1S/C22H36N6O7/c1-12(2)18(26-20(32)15-7-4-8-27(15)16(29)10-23)21(33)24-11-17(30)28-9-5-6-14(28)19(31)25-13(3)22(34)35/h12-15,18H,4-11,23H2,1-3H3,(H,24,33)(H,25,31)(H,26,32)(H,34,35)/t13-,14-,15-,18-/m0/s1. The molecule has 2 rings (SSSR count). The molecule has 13 heteroatoms. The van der Waals surface area contributed by atoms with Gasteiger partial charge in [0.2, 0.25) is 29.5 Å². The summed E-state index contributed by atoms with van der Waals surface area (Å²) in [4.78, 5) is 76.5. The topological polar surface area (TPSA) is 191 Å². The molecule has 0 bridgehead atoms. The second-order valence-electron chi connectivity index (χ2n) is 9.21. The third-order valence-electron chi connectivity index (χ3n) is 6.32. The molecule has 35 heavy (non-hydrogen) atoms. The summed E-state index contributed by atoms with van der Waals surface area (Å²) in [6, 6.07) is -3.53. The van der Waals surface area contributed by atoms with Gasteiger partial charge in [-0.25, -0.2) is 0 Å². The highest BCUT2D eigenvalue weighted by atomic mass is 16.4. The third kappa shape index (κ3) is 7.13. The highest BCUT2D eigenvalue weighted by molar-refractivity contribution is 5.95. The van der Waals surface area contributed by atoms with Crippen molar-refractivity contribution in [3.63, 3.8) is 0 Å². The first kappa shape index (κ1) is 28.0. The van der Waals surface area contributed by atoms with E-state index in [1.165, 1.54) is 16.7 Å². The number of carbonyl (C=O) groups excluding carboxylic acids is 5. The summed E-state index contributed by atoms with van der Waals surface area (Å²) in [6.45, 7) is 4.98. The number of carboxylic acids is 1. The van der Waals surface area contributed by atoms with Crippen molar-refractivity contribution in [2.75, 3.05) is 26.2 Å². The lowest BCUT2D eigenvalue weighted by molar-refractivity contribution is -0.143. The summed E-state index contributed by atoms with van der Waals surface area (Å²) in [6.07, 6.45) is 2.10. The van der Waals surface area contributed by atoms with E-state index in [9.17, 15) is 28.8 Å². The van der Waals surface area contributed by atoms with Crippen LogP contribution in [0.1, 0.15) is 46.5 Å². The highest BCUT2D eigenvalue weighted by Gasteiger charge is 2.37. The van der Waals surface area contributed by atoms with Gasteiger partial charge in [0, 0.05) is 13.1 Å². The number of carboxylic acid groups (broad SMARTS) is 1. The van der Waals surface area contributed by atoms with Crippen LogP contribution in [0.2, 0.25) is 0 Å². The maximum atomic E-state index is 12.8. The summed E-state index contributed by atoms with van der Waals surface area (Å²) in [5, 5.41) is 16.6. The number of nitrogens with two attached hydrogens (primary N) is 1. The molecule has 2 fully saturated rings. The SMILES string of the molecule is CC(C)[C@H](NC(=O)[C@@H]1CCCN1C(=O)CN)C(=O)NCC(=O)N1CCC[C@H]1C(=O)N[C@@H](C)C(=O)O. The Morgan fingerprint density at radius 3 is 1.89 bits per heavy atom. The molecule has 2 aliphatic heterocycles. The fourth-order valence-corrected chi connectivity index (χ4v) is 4.32. The highest BCUT2D eigenvalue weighted by Crippen LogP contribution is 2.19. The van der Waals surface area contributed by atoms with Crippen LogP contribution in [0.5, 0.6) is 0 Å². The van der Waals surface area contributed by atoms with Gasteiger partial charge < -0.3 is 36.6 Å². The normalized spacial score (nSPS) is 21.4. The molecule has 0 aromatic heterocycles. The molecule has 6 N–H and O–H groups in total. The van der Waals surface area contributed by atoms with Crippen molar-refractivity contribution in [2.45, 2.75) is 70.6 Å². The Labute approximate surface area is 204 Å². The van der Waals surface area contributed by atoms with Gasteiger partial charge in [0.1, 0.15) is 24.2 Å². The molecule has 5 amide bonds. The molecule has 0 aromatic carbocycles. The van der Waals surface area contributed by atoms with Gasteiger partial charge in [0.25, 0.3) is 0 Å². The molecule has 0 unspecified atom stereocenters. The van der Waals surface area contributed by atoms with Gasteiger partial charge in [-0.05, 0) is 38.5 Å². The molecule has 196 valence electrons. The second-order valence-corrected chi connectivity index (χ2v) is 9.21. The van der Waals surface area contributed by atoms with Crippen molar-refractivity contribution in [3.8, 4) is 0 Å². The van der Waals surface area contributed by atoms with E-state index in [4.69, 9.17) is 10.8 Å². The Balaban J connectivity index is 1.95. The zero-order chi connectivity index (χ0) is 26.3. The van der Waals surface area contributed by atoms with E-state index in [1.807, 2.05) is 0 Å². The quantitative estimate of drug-likeness (QED) is 0.224. The summed E-state index contributed by atoms with van der Waals surface area (Å²) in [5.74, 6) is -3.86. The molecule has 0 spiro atoms. The van der Waals surface area contributed by atoms with Gasteiger partial charge >= 0.3 is 5.97 Å². The maximum Gasteiger partial charge on any atom is 0.325 e. The third-order valence-corrected chi connectivity index (χ3v) is 6.32. The Morgan fingerprint density at radius 2 is 1.40 bits per heavy atom. The lowest BCUT2D eigenvalue weighted by Crippen LogP contribution is -2.56. The van der Waals surface area contributed by atoms with Gasteiger partial charge in [-0.1, -0.05) is 13.8 Å². The van der Waals surface area contributed by atoms with Gasteiger partial charge in [0.15, 0.2) is 0 Å². The minimum Gasteiger partial charge on any atom is -0.480 e. The zero-order valence-corrected chi connectivity index (χ0v) is 20.4. The largest absolute Gasteiger partial charge is 0.480 e. The summed E-state index contributed by atoms with van der Waals surface area (Å²) < 4.78 is 0. The number of hydrogen-bond acceptors (Lipinski definition) is 7. The van der Waals surface area contributed by atoms with Crippen molar-refractivity contribution in [1.29, 1.82) is 0 Å². The van der Waals surface area contributed by atoms with E-state index in [1.54, 1.807) is 13.8 Å². The molecule has 0 radical (unpaired) electrons. The van der Waals surface area contributed by atoms with E-state index in [-0.39, 0.29) is 24.9 Å². The van der Waals surface area contributed by atoms with E-state index >= 15 is 0 Å². The molecule has 0 saturated carbocycles. The van der Waals surface area contributed by atoms with E-state index in [0.29, 0.717) is 38.8 Å². The number of likely N-dealkylation sites (tertiary alicyclic amines) is 2. The van der Waals surface area contributed by atoms with Crippen LogP contribution < -0.4 is 21.7 Å². The number of nitrogens with zero attached hydrogens (tertiary/aromatic N) is 2. The summed E-state index contributed by atoms with van der Waals surface area (Å²) in [7, 11) is 0. The lowest BCUT2D eigenvalue weighted by Gasteiger charge is -2.28. The van der Waals surface area contributed by atoms with Crippen molar-refractivity contribution < 1.29 is 33.9 Å². The van der Waals surface area contributed by atoms with Crippen LogP contribution in [0.25, 0.3) is 0 Å². The van der Waals surface area contributed by atoms with Crippen LogP contribution in [-0.4, -0.2) is 101 Å². The van der Waals surface area contributed by atoms with Gasteiger partial charge in [-0.3, -0.25) is 28.8 Å². The summed E-state index contributed by atoms with van der Waals surface area (Å²) in [5.41, 5.74) is 5.42. The fraction of sp³-hybridized carbons (Fsp3) is 0.727. The van der Waals surface area contributed by atoms with Crippen LogP contribution in [0.4, 0.5) is 0 Å². The minimum absolute atomic E-state index is 0.204. The molecule has 2 saturated heterocycles. The van der Waals surface area contributed by atoms with Gasteiger partial charge in [-0.15, -0.1) is 0 Å². The van der Waals surface area contributed by atoms with Crippen LogP contribution in [-0.2, 0) is 28.8 Å². The van der Waals surface area contributed by atoms with Gasteiger partial charge in [0.05, 0.1) is 13.1 Å². The Hall–Kier alpha value is -3.22. The monoisotopic (exact) mass is 496 g/mol. The number of carbonyl (C=O) groups is 6. The van der Waals surface area contributed by atoms with Gasteiger partial charge in [-0.2, -0.15) is 0 Å². The average molecular weight is 497 g/mol. The van der Waals surface area contributed by atoms with Crippen molar-refractivity contribution >= 4 is 35.5 Å². The maximum absolute atomic E-state index is 12.8. The molecule has 13 nitrogen and oxygen atoms in total. The molecule has 2 heterocycles. The number of nitrogens with one attached hydrogen (secondary N) is 3. The fourth-order valence-electron chi connectivity index (χ4n) is 4.32. The van der Waals surface area contributed by atoms with Crippen LogP contribution in [0, 0.1) is 5.92 Å². The molecule has 2 aliphatic rings. The lowest BCUT2D eigenvalue weighted by atomic mass is 10.0. The Morgan fingerprint density at radius 1 is 0.886 bits per heavy atom. The molecular formula is C22H36N6O7. The van der Waals surface area contributed by atoms with E-state index in [2.05, 4.69) is 16.0 Å². The number of hydrogen-bond donors (Lipinski definition) is 5.